The lowest BCUT2D eigenvalue weighted by atomic mass is 10.2. The van der Waals surface area contributed by atoms with Gasteiger partial charge in [0.15, 0.2) is 0 Å². The predicted molar refractivity (Wildman–Crippen MR) is 83.9 cm³/mol. The fourth-order valence-corrected chi connectivity index (χ4v) is 2.97. The lowest BCUT2D eigenvalue weighted by Gasteiger charge is -2.16. The van der Waals surface area contributed by atoms with Gasteiger partial charge in [-0.05, 0) is 44.2 Å². The van der Waals surface area contributed by atoms with Crippen molar-refractivity contribution in [3.05, 3.63) is 0 Å². The van der Waals surface area contributed by atoms with Crippen LogP contribution in [0.15, 0.2) is 0 Å². The number of hydrogen-bond acceptors (Lipinski definition) is 4. The van der Waals surface area contributed by atoms with E-state index in [1.165, 1.54) is 57.1 Å². The topological polar surface area (TPSA) is 41.5 Å². The van der Waals surface area contributed by atoms with Crippen molar-refractivity contribution in [1.82, 2.24) is 5.32 Å². The molecule has 2 N–H and O–H groups in total. The summed E-state index contributed by atoms with van der Waals surface area (Å²) >= 11 is 1.93. The Balaban J connectivity index is 1.80. The molecule has 0 spiro atoms. The van der Waals surface area contributed by atoms with E-state index in [4.69, 9.17) is 4.74 Å². The summed E-state index contributed by atoms with van der Waals surface area (Å²) in [4.78, 5) is 0. The van der Waals surface area contributed by atoms with Crippen LogP contribution in [-0.2, 0) is 4.74 Å². The van der Waals surface area contributed by atoms with Crippen molar-refractivity contribution in [2.75, 3.05) is 31.7 Å². The van der Waals surface area contributed by atoms with E-state index >= 15 is 0 Å². The number of hydrogen-bond donors (Lipinski definition) is 2. The molecule has 0 amide bonds. The molecule has 0 aromatic heterocycles. The fraction of sp³-hybridized carbons (Fsp3) is 1.00. The molecular weight excluding hydrogens is 258 g/mol. The number of ether oxygens (including phenoxy) is 1. The smallest absolute Gasteiger partial charge is 0.0897 e. The van der Waals surface area contributed by atoms with Crippen molar-refractivity contribution in [3.63, 3.8) is 0 Å². The Bertz CT molecular complexity index is 199. The molecule has 1 aliphatic rings. The van der Waals surface area contributed by atoms with E-state index in [2.05, 4.69) is 11.6 Å². The van der Waals surface area contributed by atoms with Crippen molar-refractivity contribution in [3.8, 4) is 0 Å². The Hall–Kier alpha value is 0.230. The number of nitrogens with one attached hydrogen (secondary N) is 1. The van der Waals surface area contributed by atoms with E-state index in [9.17, 15) is 5.11 Å². The summed E-state index contributed by atoms with van der Waals surface area (Å²) in [5.74, 6) is 1.28. The number of rotatable bonds is 12. The maximum Gasteiger partial charge on any atom is 0.0897 e. The highest BCUT2D eigenvalue weighted by Crippen LogP contribution is 2.20. The molecule has 0 aromatic carbocycles. The maximum atomic E-state index is 9.79. The Morgan fingerprint density at radius 3 is 2.68 bits per heavy atom. The molecule has 0 aromatic rings. The standard InChI is InChI=1S/C15H31NO2S/c1-19-11-7-3-2-6-10-16-12-14(17)13-18-15-8-4-5-9-15/h14-17H,2-13H2,1H3. The average Bonchev–Trinajstić information content (AvgIpc) is 2.93. The minimum Gasteiger partial charge on any atom is -0.389 e. The molecular formula is C15H31NO2S. The maximum absolute atomic E-state index is 9.79. The highest BCUT2D eigenvalue weighted by Gasteiger charge is 2.16. The van der Waals surface area contributed by atoms with E-state index in [1.807, 2.05) is 11.8 Å². The Labute approximate surface area is 122 Å². The largest absolute Gasteiger partial charge is 0.389 e. The first-order chi connectivity index (χ1) is 9.33. The van der Waals surface area contributed by atoms with Crippen LogP contribution < -0.4 is 5.32 Å². The summed E-state index contributed by atoms with van der Waals surface area (Å²) in [7, 11) is 0. The van der Waals surface area contributed by atoms with Gasteiger partial charge < -0.3 is 15.2 Å². The van der Waals surface area contributed by atoms with Gasteiger partial charge in [0.2, 0.25) is 0 Å². The van der Waals surface area contributed by atoms with Crippen LogP contribution in [0, 0.1) is 0 Å². The molecule has 0 aliphatic heterocycles. The second kappa shape index (κ2) is 12.0. The van der Waals surface area contributed by atoms with Crippen LogP contribution in [0.1, 0.15) is 51.4 Å². The minimum absolute atomic E-state index is 0.350. The van der Waals surface area contributed by atoms with Gasteiger partial charge in [-0.1, -0.05) is 25.7 Å². The molecule has 0 saturated heterocycles. The zero-order valence-electron chi connectivity index (χ0n) is 12.4. The number of thioether (sulfide) groups is 1. The molecule has 1 rings (SSSR count). The van der Waals surface area contributed by atoms with E-state index in [0.29, 0.717) is 19.3 Å². The summed E-state index contributed by atoms with van der Waals surface area (Å²) in [6, 6.07) is 0. The van der Waals surface area contributed by atoms with Crippen LogP contribution in [0.3, 0.4) is 0 Å². The Kier molecular flexibility index (Phi) is 10.9. The molecule has 0 heterocycles. The summed E-state index contributed by atoms with van der Waals surface area (Å²) in [6.45, 7) is 2.17. The molecule has 114 valence electrons. The zero-order chi connectivity index (χ0) is 13.8. The molecule has 19 heavy (non-hydrogen) atoms. The van der Waals surface area contributed by atoms with Crippen LogP contribution in [0.4, 0.5) is 0 Å². The van der Waals surface area contributed by atoms with Gasteiger partial charge in [-0.25, -0.2) is 0 Å². The summed E-state index contributed by atoms with van der Waals surface area (Å²) in [5, 5.41) is 13.1. The van der Waals surface area contributed by atoms with Crippen molar-refractivity contribution in [2.45, 2.75) is 63.6 Å². The summed E-state index contributed by atoms with van der Waals surface area (Å²) in [6.07, 6.45) is 12.3. The van der Waals surface area contributed by atoms with E-state index < -0.39 is 0 Å². The van der Waals surface area contributed by atoms with Crippen LogP contribution >= 0.6 is 11.8 Å². The second-order valence-electron chi connectivity index (χ2n) is 5.50. The van der Waals surface area contributed by atoms with E-state index in [1.54, 1.807) is 0 Å². The molecule has 1 saturated carbocycles. The summed E-state index contributed by atoms with van der Waals surface area (Å²) in [5.41, 5.74) is 0. The van der Waals surface area contributed by atoms with Crippen molar-refractivity contribution < 1.29 is 9.84 Å². The minimum atomic E-state index is -0.350. The van der Waals surface area contributed by atoms with Crippen LogP contribution in [0.2, 0.25) is 0 Å². The van der Waals surface area contributed by atoms with Crippen molar-refractivity contribution >= 4 is 11.8 Å². The van der Waals surface area contributed by atoms with E-state index in [-0.39, 0.29) is 6.10 Å². The van der Waals surface area contributed by atoms with Gasteiger partial charge in [0.05, 0.1) is 18.8 Å². The van der Waals surface area contributed by atoms with Gasteiger partial charge in [-0.2, -0.15) is 11.8 Å². The average molecular weight is 289 g/mol. The predicted octanol–water partition coefficient (Wildman–Crippen LogP) is 2.82. The molecule has 1 atom stereocenters. The Morgan fingerprint density at radius 1 is 1.21 bits per heavy atom. The number of aliphatic hydroxyl groups excluding tert-OH is 1. The van der Waals surface area contributed by atoms with Gasteiger partial charge in [0.1, 0.15) is 0 Å². The lowest BCUT2D eigenvalue weighted by molar-refractivity contribution is -0.00535. The van der Waals surface area contributed by atoms with Crippen molar-refractivity contribution in [1.29, 1.82) is 0 Å². The first-order valence-electron chi connectivity index (χ1n) is 7.82. The third kappa shape index (κ3) is 9.72. The third-order valence-electron chi connectivity index (χ3n) is 3.66. The highest BCUT2D eigenvalue weighted by atomic mass is 32.2. The Morgan fingerprint density at radius 2 is 1.95 bits per heavy atom. The molecule has 1 aliphatic carbocycles. The molecule has 0 bridgehead atoms. The highest BCUT2D eigenvalue weighted by molar-refractivity contribution is 7.98. The fourth-order valence-electron chi connectivity index (χ4n) is 2.48. The van der Waals surface area contributed by atoms with Crippen LogP contribution in [0.5, 0.6) is 0 Å². The van der Waals surface area contributed by atoms with Gasteiger partial charge in [-0.15, -0.1) is 0 Å². The molecule has 3 nitrogen and oxygen atoms in total. The number of aliphatic hydroxyl groups is 1. The van der Waals surface area contributed by atoms with Gasteiger partial charge >= 0.3 is 0 Å². The van der Waals surface area contributed by atoms with Crippen LogP contribution in [-0.4, -0.2) is 49.0 Å². The summed E-state index contributed by atoms with van der Waals surface area (Å²) < 4.78 is 5.69. The van der Waals surface area contributed by atoms with Gasteiger partial charge in [-0.3, -0.25) is 0 Å². The zero-order valence-corrected chi connectivity index (χ0v) is 13.2. The first-order valence-corrected chi connectivity index (χ1v) is 9.21. The SMILES string of the molecule is CSCCCCCCNCC(O)COC1CCCC1. The molecule has 1 fully saturated rings. The molecule has 0 radical (unpaired) electrons. The molecule has 1 unspecified atom stereocenters. The normalized spacial score (nSPS) is 18.0. The first kappa shape index (κ1) is 17.3. The quantitative estimate of drug-likeness (QED) is 0.542. The van der Waals surface area contributed by atoms with Crippen molar-refractivity contribution in [2.24, 2.45) is 0 Å². The van der Waals surface area contributed by atoms with E-state index in [0.717, 1.165) is 6.54 Å². The van der Waals surface area contributed by atoms with Crippen LogP contribution in [0.25, 0.3) is 0 Å². The van der Waals surface area contributed by atoms with Gasteiger partial charge in [0, 0.05) is 6.54 Å². The molecule has 4 heteroatoms. The lowest BCUT2D eigenvalue weighted by Crippen LogP contribution is -2.32. The second-order valence-corrected chi connectivity index (χ2v) is 6.49. The van der Waals surface area contributed by atoms with Gasteiger partial charge in [0.25, 0.3) is 0 Å². The monoisotopic (exact) mass is 289 g/mol. The number of unbranched alkanes of at least 4 members (excludes halogenated alkanes) is 3. The third-order valence-corrected chi connectivity index (χ3v) is 4.36.